The maximum atomic E-state index is 12.1. The molecule has 0 aliphatic carbocycles. The molecule has 120 valence electrons. The molecule has 0 amide bonds. The predicted molar refractivity (Wildman–Crippen MR) is 82.8 cm³/mol. The summed E-state index contributed by atoms with van der Waals surface area (Å²) in [6, 6.07) is 2.16. The van der Waals surface area contributed by atoms with E-state index >= 15 is 0 Å². The minimum absolute atomic E-state index is 0.149. The highest BCUT2D eigenvalue weighted by atomic mass is 16.5. The number of nitrogens with one attached hydrogen (secondary N) is 1. The summed E-state index contributed by atoms with van der Waals surface area (Å²) in [7, 11) is 1.79. The molecule has 23 heavy (non-hydrogen) atoms. The number of rotatable bonds is 3. The van der Waals surface area contributed by atoms with Gasteiger partial charge in [-0.15, -0.1) is 0 Å². The normalized spacial score (nSPS) is 19.0. The summed E-state index contributed by atoms with van der Waals surface area (Å²) < 4.78 is 7.04. The van der Waals surface area contributed by atoms with Crippen LogP contribution in [0.15, 0.2) is 21.6 Å². The molecule has 4 rings (SSSR count). The molecule has 0 saturated carbocycles. The first-order chi connectivity index (χ1) is 11.1. The molecule has 3 aromatic heterocycles. The molecule has 1 N–H and O–H groups in total. The van der Waals surface area contributed by atoms with Crippen molar-refractivity contribution in [3.8, 4) is 0 Å². The molecular formula is C15H18N6O2. The highest BCUT2D eigenvalue weighted by Crippen LogP contribution is 2.32. The molecule has 1 fully saturated rings. The van der Waals surface area contributed by atoms with Crippen LogP contribution in [0.4, 0.5) is 0 Å². The van der Waals surface area contributed by atoms with Crippen LogP contribution in [0.2, 0.25) is 0 Å². The quantitative estimate of drug-likeness (QED) is 0.783. The van der Waals surface area contributed by atoms with E-state index in [2.05, 4.69) is 25.1 Å². The highest BCUT2D eigenvalue weighted by molar-refractivity contribution is 5.72. The van der Waals surface area contributed by atoms with E-state index in [4.69, 9.17) is 4.52 Å². The average molecular weight is 314 g/mol. The minimum Gasteiger partial charge on any atom is -0.359 e. The zero-order chi connectivity index (χ0) is 16.0. The van der Waals surface area contributed by atoms with Crippen molar-refractivity contribution in [3.63, 3.8) is 0 Å². The Balaban J connectivity index is 1.64. The van der Waals surface area contributed by atoms with Gasteiger partial charge in [0, 0.05) is 13.1 Å². The summed E-state index contributed by atoms with van der Waals surface area (Å²) in [5.74, 6) is 1.53. The summed E-state index contributed by atoms with van der Waals surface area (Å²) in [6.07, 6.45) is 3.65. The van der Waals surface area contributed by atoms with Crippen LogP contribution in [-0.4, -0.2) is 36.3 Å². The van der Waals surface area contributed by atoms with E-state index in [-0.39, 0.29) is 11.6 Å². The van der Waals surface area contributed by atoms with Crippen LogP contribution in [0.5, 0.6) is 0 Å². The number of aryl methyl sites for hydroxylation is 2. The van der Waals surface area contributed by atoms with Crippen LogP contribution in [0.1, 0.15) is 36.2 Å². The Kier molecular flexibility index (Phi) is 3.26. The molecule has 0 spiro atoms. The zero-order valence-corrected chi connectivity index (χ0v) is 13.1. The summed E-state index contributed by atoms with van der Waals surface area (Å²) in [6.45, 7) is 3.43. The largest absolute Gasteiger partial charge is 0.359 e. The maximum absolute atomic E-state index is 12.1. The van der Waals surface area contributed by atoms with Gasteiger partial charge in [-0.25, -0.2) is 4.98 Å². The van der Waals surface area contributed by atoms with Gasteiger partial charge in [-0.05, 0) is 26.3 Å². The fourth-order valence-corrected chi connectivity index (χ4v) is 3.22. The number of aromatic nitrogens is 5. The van der Waals surface area contributed by atoms with Crippen molar-refractivity contribution < 1.29 is 4.52 Å². The number of nitrogens with zero attached hydrogens (tertiary/aromatic N) is 5. The minimum atomic E-state index is -0.149. The lowest BCUT2D eigenvalue weighted by molar-refractivity contribution is 0.202. The third kappa shape index (κ3) is 2.44. The van der Waals surface area contributed by atoms with E-state index < -0.39 is 0 Å². The number of aromatic amines is 1. The molecule has 1 aliphatic heterocycles. The second kappa shape index (κ2) is 5.31. The van der Waals surface area contributed by atoms with Crippen molar-refractivity contribution in [1.82, 2.24) is 29.8 Å². The lowest BCUT2D eigenvalue weighted by Gasteiger charge is -2.21. The summed E-state index contributed by atoms with van der Waals surface area (Å²) in [5.41, 5.74) is 1.34. The van der Waals surface area contributed by atoms with Crippen LogP contribution in [0, 0.1) is 6.92 Å². The van der Waals surface area contributed by atoms with E-state index in [9.17, 15) is 4.79 Å². The van der Waals surface area contributed by atoms with Gasteiger partial charge in [0.15, 0.2) is 11.4 Å². The predicted octanol–water partition coefficient (Wildman–Crippen LogP) is 1.29. The molecular weight excluding hydrogens is 296 g/mol. The fraction of sp³-hybridized carbons (Fsp3) is 0.467. The van der Waals surface area contributed by atoms with Crippen LogP contribution in [0.3, 0.4) is 0 Å². The van der Waals surface area contributed by atoms with Gasteiger partial charge in [-0.1, -0.05) is 5.16 Å². The number of hydrogen-bond donors (Lipinski definition) is 1. The molecule has 0 radical (unpaired) electrons. The molecule has 0 aromatic carbocycles. The first kappa shape index (κ1) is 14.1. The van der Waals surface area contributed by atoms with Gasteiger partial charge in [0.25, 0.3) is 5.56 Å². The van der Waals surface area contributed by atoms with Gasteiger partial charge in [-0.2, -0.15) is 5.10 Å². The number of hydrogen-bond acceptors (Lipinski definition) is 6. The molecule has 1 aliphatic rings. The van der Waals surface area contributed by atoms with E-state index in [1.807, 2.05) is 13.0 Å². The number of fused-ring (bicyclic) bond motifs is 1. The van der Waals surface area contributed by atoms with Crippen molar-refractivity contribution in [2.45, 2.75) is 32.4 Å². The van der Waals surface area contributed by atoms with Crippen molar-refractivity contribution >= 4 is 11.0 Å². The van der Waals surface area contributed by atoms with Gasteiger partial charge in [0.05, 0.1) is 24.5 Å². The van der Waals surface area contributed by atoms with Crippen LogP contribution < -0.4 is 5.56 Å². The average Bonchev–Trinajstić information content (AvgIpc) is 3.21. The lowest BCUT2D eigenvalue weighted by atomic mass is 10.1. The van der Waals surface area contributed by atoms with Crippen molar-refractivity contribution in [2.24, 2.45) is 7.05 Å². The van der Waals surface area contributed by atoms with Gasteiger partial charge >= 0.3 is 0 Å². The molecule has 4 heterocycles. The Labute approximate surface area is 132 Å². The monoisotopic (exact) mass is 314 g/mol. The van der Waals surface area contributed by atoms with Crippen LogP contribution in [-0.2, 0) is 13.6 Å². The number of H-pyrrole nitrogens is 1. The first-order valence-corrected chi connectivity index (χ1v) is 7.70. The molecule has 0 bridgehead atoms. The topological polar surface area (TPSA) is 92.8 Å². The maximum Gasteiger partial charge on any atom is 0.262 e. The van der Waals surface area contributed by atoms with Crippen molar-refractivity contribution in [2.75, 3.05) is 6.54 Å². The molecule has 8 nitrogen and oxygen atoms in total. The summed E-state index contributed by atoms with van der Waals surface area (Å²) in [4.78, 5) is 21.8. The fourth-order valence-electron chi connectivity index (χ4n) is 3.22. The van der Waals surface area contributed by atoms with Gasteiger partial charge < -0.3 is 9.51 Å². The van der Waals surface area contributed by atoms with Crippen molar-refractivity contribution in [3.05, 3.63) is 39.9 Å². The molecule has 1 saturated heterocycles. The van der Waals surface area contributed by atoms with Gasteiger partial charge in [-0.3, -0.25) is 14.4 Å². The van der Waals surface area contributed by atoms with E-state index in [0.717, 1.165) is 30.8 Å². The molecule has 8 heteroatoms. The molecule has 3 aromatic rings. The van der Waals surface area contributed by atoms with Gasteiger partial charge in [0.1, 0.15) is 11.2 Å². The summed E-state index contributed by atoms with van der Waals surface area (Å²) in [5, 5.41) is 8.58. The summed E-state index contributed by atoms with van der Waals surface area (Å²) >= 11 is 0. The standard InChI is InChI=1S/C15H18N6O2/c1-9-6-12(23-19-9)11-4-3-5-21(11)8-13-17-14-10(15(22)18-13)7-16-20(14)2/h6-7,11H,3-5,8H2,1-2H3,(H,17,18,22)/t11-/m0/s1. The SMILES string of the molecule is Cc1cc([C@@H]2CCCN2Cc2nc3c(cnn3C)c(=O)[nH]2)on1. The van der Waals surface area contributed by atoms with Crippen molar-refractivity contribution in [1.29, 1.82) is 0 Å². The Morgan fingerprint density at radius 3 is 3.13 bits per heavy atom. The smallest absolute Gasteiger partial charge is 0.262 e. The van der Waals surface area contributed by atoms with E-state index in [0.29, 0.717) is 23.4 Å². The highest BCUT2D eigenvalue weighted by Gasteiger charge is 2.29. The van der Waals surface area contributed by atoms with Gasteiger partial charge in [0.2, 0.25) is 0 Å². The van der Waals surface area contributed by atoms with E-state index in [1.54, 1.807) is 17.9 Å². The zero-order valence-electron chi connectivity index (χ0n) is 13.1. The van der Waals surface area contributed by atoms with Crippen LogP contribution in [0.25, 0.3) is 11.0 Å². The molecule has 1 atom stereocenters. The second-order valence-electron chi connectivity index (χ2n) is 6.02. The number of likely N-dealkylation sites (tertiary alicyclic amines) is 1. The Hall–Kier alpha value is -2.48. The molecule has 0 unspecified atom stereocenters. The Bertz CT molecular complexity index is 908. The first-order valence-electron chi connectivity index (χ1n) is 7.70. The Morgan fingerprint density at radius 2 is 2.35 bits per heavy atom. The lowest BCUT2D eigenvalue weighted by Crippen LogP contribution is -2.25. The third-order valence-electron chi connectivity index (χ3n) is 4.34. The van der Waals surface area contributed by atoms with E-state index in [1.165, 1.54) is 0 Å². The Morgan fingerprint density at radius 1 is 1.48 bits per heavy atom. The second-order valence-corrected chi connectivity index (χ2v) is 6.02. The third-order valence-corrected chi connectivity index (χ3v) is 4.34. The van der Waals surface area contributed by atoms with Crippen LogP contribution >= 0.6 is 0 Å².